The van der Waals surface area contributed by atoms with Gasteiger partial charge in [0.25, 0.3) is 0 Å². The summed E-state index contributed by atoms with van der Waals surface area (Å²) in [7, 11) is 1.79. The van der Waals surface area contributed by atoms with Crippen molar-refractivity contribution in [2.24, 2.45) is 0 Å². The van der Waals surface area contributed by atoms with Gasteiger partial charge < -0.3 is 15.4 Å². The summed E-state index contributed by atoms with van der Waals surface area (Å²) in [4.78, 5) is 11.5. The fourth-order valence-corrected chi connectivity index (χ4v) is 1.82. The molecule has 1 amide bonds. The van der Waals surface area contributed by atoms with Gasteiger partial charge in [0.1, 0.15) is 0 Å². The number of para-hydroxylation sites is 1. The van der Waals surface area contributed by atoms with Crippen LogP contribution in [0.4, 0.5) is 4.39 Å². The molecule has 1 fully saturated rings. The van der Waals surface area contributed by atoms with Crippen molar-refractivity contribution in [3.63, 3.8) is 0 Å². The predicted molar refractivity (Wildman–Crippen MR) is 70.4 cm³/mol. The fraction of sp³-hybridized carbons (Fsp3) is 0.500. The van der Waals surface area contributed by atoms with Gasteiger partial charge in [-0.05, 0) is 26.0 Å². The second kappa shape index (κ2) is 6.52. The molecule has 19 heavy (non-hydrogen) atoms. The summed E-state index contributed by atoms with van der Waals surface area (Å²) >= 11 is 0. The molecule has 0 unspecified atom stereocenters. The maximum absolute atomic E-state index is 13.7. The average molecular weight is 266 g/mol. The van der Waals surface area contributed by atoms with Crippen LogP contribution in [-0.2, 0) is 11.3 Å². The Morgan fingerprint density at radius 3 is 2.95 bits per heavy atom. The Bertz CT molecular complexity index is 447. The molecule has 5 heteroatoms. The van der Waals surface area contributed by atoms with Crippen molar-refractivity contribution in [2.45, 2.75) is 31.8 Å². The topological polar surface area (TPSA) is 50.4 Å². The summed E-state index contributed by atoms with van der Waals surface area (Å²) in [6.45, 7) is 0.720. The molecule has 1 aliphatic carbocycles. The summed E-state index contributed by atoms with van der Waals surface area (Å²) in [5, 5.41) is 5.83. The standard InChI is InChI=1S/C14H19FN2O2/c1-16-9-10-3-2-4-12(15)14(10)19-8-7-13(18)17-11-5-6-11/h2-4,11,16H,5-9H2,1H3,(H,17,18). The highest BCUT2D eigenvalue weighted by atomic mass is 19.1. The quantitative estimate of drug-likeness (QED) is 0.788. The normalized spacial score (nSPS) is 14.2. The second-order valence-electron chi connectivity index (χ2n) is 4.70. The van der Waals surface area contributed by atoms with E-state index in [2.05, 4.69) is 10.6 Å². The number of amides is 1. The van der Waals surface area contributed by atoms with E-state index in [1.54, 1.807) is 19.2 Å². The molecule has 0 radical (unpaired) electrons. The predicted octanol–water partition coefficient (Wildman–Crippen LogP) is 1.59. The average Bonchev–Trinajstić information content (AvgIpc) is 3.17. The number of rotatable bonds is 7. The van der Waals surface area contributed by atoms with E-state index in [0.717, 1.165) is 18.4 Å². The van der Waals surface area contributed by atoms with Crippen molar-refractivity contribution in [1.29, 1.82) is 0 Å². The number of carbonyl (C=O) groups excluding carboxylic acids is 1. The van der Waals surface area contributed by atoms with E-state index < -0.39 is 5.82 Å². The number of carbonyl (C=O) groups is 1. The van der Waals surface area contributed by atoms with E-state index in [1.165, 1.54) is 6.07 Å². The molecule has 0 aromatic heterocycles. The van der Waals surface area contributed by atoms with Crippen LogP contribution >= 0.6 is 0 Å². The Morgan fingerprint density at radius 2 is 2.26 bits per heavy atom. The third kappa shape index (κ3) is 4.21. The summed E-state index contributed by atoms with van der Waals surface area (Å²) in [6, 6.07) is 5.16. The molecule has 104 valence electrons. The Balaban J connectivity index is 1.85. The molecule has 1 saturated carbocycles. The van der Waals surface area contributed by atoms with Gasteiger partial charge in [-0.15, -0.1) is 0 Å². The second-order valence-corrected chi connectivity index (χ2v) is 4.70. The number of ether oxygens (including phenoxy) is 1. The van der Waals surface area contributed by atoms with Crippen LogP contribution in [-0.4, -0.2) is 25.6 Å². The third-order valence-electron chi connectivity index (χ3n) is 2.93. The van der Waals surface area contributed by atoms with Gasteiger partial charge in [0.05, 0.1) is 13.0 Å². The first-order chi connectivity index (χ1) is 9.20. The highest BCUT2D eigenvalue weighted by Crippen LogP contribution is 2.23. The number of hydrogen-bond donors (Lipinski definition) is 2. The first-order valence-corrected chi connectivity index (χ1v) is 6.55. The smallest absolute Gasteiger partial charge is 0.223 e. The van der Waals surface area contributed by atoms with E-state index in [9.17, 15) is 9.18 Å². The first-order valence-electron chi connectivity index (χ1n) is 6.55. The lowest BCUT2D eigenvalue weighted by molar-refractivity contribution is -0.121. The fourth-order valence-electron chi connectivity index (χ4n) is 1.82. The van der Waals surface area contributed by atoms with E-state index in [-0.39, 0.29) is 24.7 Å². The maximum atomic E-state index is 13.7. The summed E-state index contributed by atoms with van der Waals surface area (Å²) in [6.07, 6.45) is 2.38. The van der Waals surface area contributed by atoms with Crippen molar-refractivity contribution < 1.29 is 13.9 Å². The zero-order valence-electron chi connectivity index (χ0n) is 11.0. The zero-order valence-corrected chi connectivity index (χ0v) is 11.0. The van der Waals surface area contributed by atoms with Gasteiger partial charge >= 0.3 is 0 Å². The molecule has 0 spiro atoms. The first kappa shape index (κ1) is 13.8. The largest absolute Gasteiger partial charge is 0.490 e. The molecular weight excluding hydrogens is 247 g/mol. The van der Waals surface area contributed by atoms with Crippen LogP contribution in [0.3, 0.4) is 0 Å². The number of benzene rings is 1. The maximum Gasteiger partial charge on any atom is 0.223 e. The van der Waals surface area contributed by atoms with Gasteiger partial charge in [-0.2, -0.15) is 0 Å². The van der Waals surface area contributed by atoms with Crippen molar-refractivity contribution in [2.75, 3.05) is 13.7 Å². The third-order valence-corrected chi connectivity index (χ3v) is 2.93. The van der Waals surface area contributed by atoms with Crippen LogP contribution < -0.4 is 15.4 Å². The highest BCUT2D eigenvalue weighted by Gasteiger charge is 2.23. The zero-order chi connectivity index (χ0) is 13.7. The van der Waals surface area contributed by atoms with Gasteiger partial charge in [0.15, 0.2) is 11.6 Å². The Hall–Kier alpha value is -1.62. The molecule has 0 bridgehead atoms. The van der Waals surface area contributed by atoms with Gasteiger partial charge in [0, 0.05) is 18.2 Å². The monoisotopic (exact) mass is 266 g/mol. The van der Waals surface area contributed by atoms with Crippen LogP contribution in [0.15, 0.2) is 18.2 Å². The molecule has 1 aromatic rings. The Kier molecular flexibility index (Phi) is 4.74. The van der Waals surface area contributed by atoms with Gasteiger partial charge in [-0.25, -0.2) is 4.39 Å². The summed E-state index contributed by atoms with van der Waals surface area (Å²) < 4.78 is 19.1. The minimum atomic E-state index is -0.393. The van der Waals surface area contributed by atoms with Crippen LogP contribution in [0.1, 0.15) is 24.8 Å². The highest BCUT2D eigenvalue weighted by molar-refractivity contribution is 5.76. The van der Waals surface area contributed by atoms with E-state index in [1.807, 2.05) is 0 Å². The molecule has 1 aliphatic rings. The molecule has 0 atom stereocenters. The molecule has 1 aromatic carbocycles. The van der Waals surface area contributed by atoms with E-state index >= 15 is 0 Å². The lowest BCUT2D eigenvalue weighted by Crippen LogP contribution is -2.26. The molecule has 2 N–H and O–H groups in total. The van der Waals surface area contributed by atoms with Crippen molar-refractivity contribution in [3.05, 3.63) is 29.6 Å². The van der Waals surface area contributed by atoms with Gasteiger partial charge in [-0.1, -0.05) is 12.1 Å². The molecular formula is C14H19FN2O2. The molecule has 0 saturated heterocycles. The molecule has 0 heterocycles. The Labute approximate surface area is 112 Å². The van der Waals surface area contributed by atoms with E-state index in [4.69, 9.17) is 4.74 Å². The summed E-state index contributed by atoms with van der Waals surface area (Å²) in [5.41, 5.74) is 0.755. The van der Waals surface area contributed by atoms with Crippen LogP contribution in [0.5, 0.6) is 5.75 Å². The minimum Gasteiger partial charge on any atom is -0.490 e. The minimum absolute atomic E-state index is 0.0333. The van der Waals surface area contributed by atoms with Gasteiger partial charge in [-0.3, -0.25) is 4.79 Å². The SMILES string of the molecule is CNCc1cccc(F)c1OCCC(=O)NC1CC1. The van der Waals surface area contributed by atoms with Crippen LogP contribution in [0, 0.1) is 5.82 Å². The number of hydrogen-bond acceptors (Lipinski definition) is 3. The number of halogens is 1. The van der Waals surface area contributed by atoms with Crippen LogP contribution in [0.25, 0.3) is 0 Å². The molecule has 2 rings (SSSR count). The van der Waals surface area contributed by atoms with Crippen molar-refractivity contribution in [1.82, 2.24) is 10.6 Å². The summed E-state index contributed by atoms with van der Waals surface area (Å²) in [5.74, 6) is -0.194. The van der Waals surface area contributed by atoms with Crippen molar-refractivity contribution >= 4 is 5.91 Å². The lowest BCUT2D eigenvalue weighted by atomic mass is 10.2. The van der Waals surface area contributed by atoms with Gasteiger partial charge in [0.2, 0.25) is 5.91 Å². The van der Waals surface area contributed by atoms with Crippen LogP contribution in [0.2, 0.25) is 0 Å². The lowest BCUT2D eigenvalue weighted by Gasteiger charge is -2.12. The Morgan fingerprint density at radius 1 is 1.47 bits per heavy atom. The van der Waals surface area contributed by atoms with E-state index in [0.29, 0.717) is 12.6 Å². The number of nitrogens with one attached hydrogen (secondary N) is 2. The molecule has 4 nitrogen and oxygen atoms in total. The molecule has 0 aliphatic heterocycles. The van der Waals surface area contributed by atoms with Crippen molar-refractivity contribution in [3.8, 4) is 5.75 Å².